The van der Waals surface area contributed by atoms with Gasteiger partial charge in [0.2, 0.25) is 0 Å². The first kappa shape index (κ1) is 11.8. The van der Waals surface area contributed by atoms with E-state index in [0.29, 0.717) is 5.92 Å². The predicted molar refractivity (Wildman–Crippen MR) is 69.0 cm³/mol. The van der Waals surface area contributed by atoms with Crippen molar-refractivity contribution in [1.82, 2.24) is 0 Å². The van der Waals surface area contributed by atoms with Crippen LogP contribution < -0.4 is 4.74 Å². The second kappa shape index (κ2) is 5.01. The molecule has 1 aromatic carbocycles. The Hall–Kier alpha value is -0.250. The van der Waals surface area contributed by atoms with E-state index < -0.39 is 0 Å². The van der Waals surface area contributed by atoms with Crippen LogP contribution in [0.15, 0.2) is 18.2 Å². The summed E-state index contributed by atoms with van der Waals surface area (Å²) in [5.41, 5.74) is 1.29. The van der Waals surface area contributed by atoms with Crippen LogP contribution in [0.4, 0.5) is 0 Å². The molecule has 1 aromatic rings. The summed E-state index contributed by atoms with van der Waals surface area (Å²) < 4.78 is 7.01. The molecule has 0 aromatic heterocycles. The number of hydrogen-bond donors (Lipinski definition) is 0. The minimum absolute atomic E-state index is 0.241. The van der Waals surface area contributed by atoms with Crippen LogP contribution in [-0.4, -0.2) is 6.10 Å². The highest BCUT2D eigenvalue weighted by molar-refractivity contribution is 14.1. The van der Waals surface area contributed by atoms with Crippen LogP contribution >= 0.6 is 22.6 Å². The van der Waals surface area contributed by atoms with Gasteiger partial charge in [-0.25, -0.2) is 0 Å². The van der Waals surface area contributed by atoms with Gasteiger partial charge in [-0.15, -0.1) is 0 Å². The van der Waals surface area contributed by atoms with Gasteiger partial charge in [-0.1, -0.05) is 19.9 Å². The zero-order valence-corrected chi connectivity index (χ0v) is 11.3. The van der Waals surface area contributed by atoms with Crippen LogP contribution in [0, 0.1) is 3.57 Å². The highest BCUT2D eigenvalue weighted by Gasteiger charge is 2.09. The average Bonchev–Trinajstić information content (AvgIpc) is 2.01. The summed E-state index contributed by atoms with van der Waals surface area (Å²) in [6.45, 7) is 8.50. The Bertz CT molecular complexity index is 305. The molecule has 0 unspecified atom stereocenters. The minimum atomic E-state index is 0.241. The third kappa shape index (κ3) is 3.15. The van der Waals surface area contributed by atoms with Crippen molar-refractivity contribution < 1.29 is 4.74 Å². The largest absolute Gasteiger partial charge is 0.491 e. The Labute approximate surface area is 100.0 Å². The Balaban J connectivity index is 3.03. The molecular weight excluding hydrogens is 287 g/mol. The molecule has 14 heavy (non-hydrogen) atoms. The lowest BCUT2D eigenvalue weighted by Crippen LogP contribution is -2.08. The van der Waals surface area contributed by atoms with Crippen molar-refractivity contribution in [1.29, 1.82) is 0 Å². The highest BCUT2D eigenvalue weighted by atomic mass is 127. The second-order valence-electron chi connectivity index (χ2n) is 4.00. The summed E-state index contributed by atoms with van der Waals surface area (Å²) in [5.74, 6) is 1.54. The third-order valence-electron chi connectivity index (χ3n) is 1.96. The van der Waals surface area contributed by atoms with Crippen molar-refractivity contribution in [2.75, 3.05) is 0 Å². The average molecular weight is 304 g/mol. The van der Waals surface area contributed by atoms with E-state index in [1.54, 1.807) is 0 Å². The number of hydrogen-bond acceptors (Lipinski definition) is 1. The normalized spacial score (nSPS) is 11.1. The zero-order valence-electron chi connectivity index (χ0n) is 9.17. The summed E-state index contributed by atoms with van der Waals surface area (Å²) in [7, 11) is 0. The Kier molecular flexibility index (Phi) is 4.23. The molecule has 0 aliphatic rings. The molecule has 1 rings (SSSR count). The fourth-order valence-electron chi connectivity index (χ4n) is 1.34. The molecule has 0 amide bonds. The molecule has 0 bridgehead atoms. The van der Waals surface area contributed by atoms with Crippen molar-refractivity contribution in [2.24, 2.45) is 0 Å². The van der Waals surface area contributed by atoms with Gasteiger partial charge in [0, 0.05) is 3.57 Å². The van der Waals surface area contributed by atoms with Crippen molar-refractivity contribution >= 4 is 22.6 Å². The number of halogens is 1. The van der Waals surface area contributed by atoms with Crippen LogP contribution in [0.2, 0.25) is 0 Å². The Morgan fingerprint density at radius 1 is 1.14 bits per heavy atom. The summed E-state index contributed by atoms with van der Waals surface area (Å²) in [6, 6.07) is 6.39. The van der Waals surface area contributed by atoms with Crippen LogP contribution in [0.25, 0.3) is 0 Å². The van der Waals surface area contributed by atoms with Crippen LogP contribution in [-0.2, 0) is 0 Å². The molecule has 0 aliphatic heterocycles. The quantitative estimate of drug-likeness (QED) is 0.760. The van der Waals surface area contributed by atoms with E-state index in [1.807, 2.05) is 0 Å². The van der Waals surface area contributed by atoms with E-state index in [2.05, 4.69) is 68.5 Å². The Morgan fingerprint density at radius 3 is 2.29 bits per heavy atom. The summed E-state index contributed by atoms with van der Waals surface area (Å²) in [5, 5.41) is 0. The maximum Gasteiger partial charge on any atom is 0.124 e. The van der Waals surface area contributed by atoms with E-state index in [1.165, 1.54) is 9.13 Å². The molecule has 0 atom stereocenters. The zero-order chi connectivity index (χ0) is 10.7. The van der Waals surface area contributed by atoms with Crippen molar-refractivity contribution in [2.45, 2.75) is 39.7 Å². The molecule has 2 heteroatoms. The molecule has 0 radical (unpaired) electrons. The number of ether oxygens (including phenoxy) is 1. The first-order chi connectivity index (χ1) is 6.50. The maximum absolute atomic E-state index is 5.78. The van der Waals surface area contributed by atoms with Gasteiger partial charge in [-0.05, 0) is 60.1 Å². The van der Waals surface area contributed by atoms with Gasteiger partial charge in [0.15, 0.2) is 0 Å². The standard InChI is InChI=1S/C12H17IO/c1-8(2)11-6-5-10(13)7-12(11)14-9(3)4/h5-9H,1-4H3. The molecule has 0 aliphatic carbocycles. The van der Waals surface area contributed by atoms with Gasteiger partial charge >= 0.3 is 0 Å². The SMILES string of the molecule is CC(C)Oc1cc(I)ccc1C(C)C. The molecule has 0 heterocycles. The molecule has 0 fully saturated rings. The van der Waals surface area contributed by atoms with Gasteiger partial charge in [-0.2, -0.15) is 0 Å². The van der Waals surface area contributed by atoms with Gasteiger partial charge < -0.3 is 4.74 Å². The molecule has 0 N–H and O–H groups in total. The third-order valence-corrected chi connectivity index (χ3v) is 2.63. The van der Waals surface area contributed by atoms with Crippen LogP contribution in [0.5, 0.6) is 5.75 Å². The predicted octanol–water partition coefficient (Wildman–Crippen LogP) is 4.20. The monoisotopic (exact) mass is 304 g/mol. The number of benzene rings is 1. The second-order valence-corrected chi connectivity index (χ2v) is 5.25. The van der Waals surface area contributed by atoms with Gasteiger partial charge in [0.1, 0.15) is 5.75 Å². The van der Waals surface area contributed by atoms with E-state index in [9.17, 15) is 0 Å². The van der Waals surface area contributed by atoms with Gasteiger partial charge in [0.05, 0.1) is 6.10 Å². The summed E-state index contributed by atoms with van der Waals surface area (Å²) >= 11 is 2.31. The fraction of sp³-hybridized carbons (Fsp3) is 0.500. The lowest BCUT2D eigenvalue weighted by atomic mass is 10.0. The molecule has 78 valence electrons. The lowest BCUT2D eigenvalue weighted by molar-refractivity contribution is 0.239. The van der Waals surface area contributed by atoms with Crippen molar-refractivity contribution in [3.8, 4) is 5.75 Å². The smallest absolute Gasteiger partial charge is 0.124 e. The van der Waals surface area contributed by atoms with E-state index in [0.717, 1.165) is 5.75 Å². The minimum Gasteiger partial charge on any atom is -0.491 e. The first-order valence-corrected chi connectivity index (χ1v) is 6.04. The molecular formula is C12H17IO. The molecule has 0 saturated heterocycles. The van der Waals surface area contributed by atoms with Gasteiger partial charge in [-0.3, -0.25) is 0 Å². The highest BCUT2D eigenvalue weighted by Crippen LogP contribution is 2.28. The molecule has 0 saturated carbocycles. The van der Waals surface area contributed by atoms with Crippen molar-refractivity contribution in [3.05, 3.63) is 27.3 Å². The first-order valence-electron chi connectivity index (χ1n) is 4.96. The fourth-order valence-corrected chi connectivity index (χ4v) is 1.80. The van der Waals surface area contributed by atoms with Crippen LogP contribution in [0.1, 0.15) is 39.2 Å². The topological polar surface area (TPSA) is 9.23 Å². The van der Waals surface area contributed by atoms with Gasteiger partial charge in [0.25, 0.3) is 0 Å². The molecule has 0 spiro atoms. The lowest BCUT2D eigenvalue weighted by Gasteiger charge is -2.16. The van der Waals surface area contributed by atoms with E-state index >= 15 is 0 Å². The van der Waals surface area contributed by atoms with E-state index in [4.69, 9.17) is 4.74 Å². The maximum atomic E-state index is 5.78. The van der Waals surface area contributed by atoms with E-state index in [-0.39, 0.29) is 6.10 Å². The summed E-state index contributed by atoms with van der Waals surface area (Å²) in [4.78, 5) is 0. The van der Waals surface area contributed by atoms with Crippen LogP contribution in [0.3, 0.4) is 0 Å². The molecule has 1 nitrogen and oxygen atoms in total. The van der Waals surface area contributed by atoms with Crippen molar-refractivity contribution in [3.63, 3.8) is 0 Å². The number of rotatable bonds is 3. The summed E-state index contributed by atoms with van der Waals surface area (Å²) in [6.07, 6.45) is 0.241. The Morgan fingerprint density at radius 2 is 1.79 bits per heavy atom.